The first-order valence-corrected chi connectivity index (χ1v) is 11.6. The Morgan fingerprint density at radius 3 is 2.56 bits per heavy atom. The minimum Gasteiger partial charge on any atom is -0.480 e. The number of nitrogens with zero attached hydrogens (tertiary/aromatic N) is 3. The third-order valence-corrected chi connectivity index (χ3v) is 6.49. The zero-order chi connectivity index (χ0) is 25.2. The molecule has 0 bridgehead atoms. The Kier molecular flexibility index (Phi) is 7.01. The van der Waals surface area contributed by atoms with E-state index < -0.39 is 45.2 Å². The number of halogens is 2. The first kappa shape index (κ1) is 24.8. The molecule has 1 saturated heterocycles. The third kappa shape index (κ3) is 4.91. The van der Waals surface area contributed by atoms with Gasteiger partial charge in [0.15, 0.2) is 5.82 Å². The van der Waals surface area contributed by atoms with Crippen LogP contribution in [0.25, 0.3) is 0 Å². The van der Waals surface area contributed by atoms with Gasteiger partial charge in [-0.15, -0.1) is 0 Å². The molecule has 0 saturated carbocycles. The summed E-state index contributed by atoms with van der Waals surface area (Å²) in [5.41, 5.74) is -0.260. The number of benzene rings is 1. The van der Waals surface area contributed by atoms with E-state index in [1.165, 1.54) is 12.0 Å². The Morgan fingerprint density at radius 1 is 1.35 bits per heavy atom. The van der Waals surface area contributed by atoms with Crippen LogP contribution in [-0.2, 0) is 27.0 Å². The van der Waals surface area contributed by atoms with Crippen LogP contribution in [0, 0.1) is 28.9 Å². The number of carboxylic acid groups (broad SMARTS) is 1. The van der Waals surface area contributed by atoms with Crippen molar-refractivity contribution >= 4 is 27.7 Å². The Balaban J connectivity index is 1.75. The van der Waals surface area contributed by atoms with Crippen molar-refractivity contribution in [3.8, 4) is 11.9 Å². The number of carboxylic acids is 1. The Hall–Kier alpha value is -3.79. The zero-order valence-corrected chi connectivity index (χ0v) is 18.9. The number of pyridine rings is 1. The summed E-state index contributed by atoms with van der Waals surface area (Å²) in [6, 6.07) is 4.39. The molecule has 180 valence electrons. The number of carbonyl (C=O) groups excluding carboxylic acids is 1. The number of hydrogen-bond acceptors (Lipinski definition) is 8. The molecule has 1 aromatic carbocycles. The highest BCUT2D eigenvalue weighted by Crippen LogP contribution is 2.34. The van der Waals surface area contributed by atoms with Crippen LogP contribution in [0.2, 0.25) is 0 Å². The maximum Gasteiger partial charge on any atom is 0.341 e. The fraction of sp³-hybridized carbons (Fsp3) is 0.333. The van der Waals surface area contributed by atoms with Crippen molar-refractivity contribution in [2.45, 2.75) is 19.1 Å². The minimum atomic E-state index is -4.26. The van der Waals surface area contributed by atoms with Crippen molar-refractivity contribution in [1.82, 2.24) is 9.71 Å². The minimum absolute atomic E-state index is 0.00662. The molecule has 1 aliphatic rings. The summed E-state index contributed by atoms with van der Waals surface area (Å²) in [5.74, 6) is -5.73. The van der Waals surface area contributed by atoms with Crippen LogP contribution < -0.4 is 14.4 Å². The van der Waals surface area contributed by atoms with E-state index in [4.69, 9.17) is 4.74 Å². The average Bonchev–Trinajstić information content (AvgIpc) is 2.72. The molecule has 1 aromatic heterocycles. The second-order valence-electron chi connectivity index (χ2n) is 7.51. The van der Waals surface area contributed by atoms with Gasteiger partial charge in [-0.2, -0.15) is 10.2 Å². The van der Waals surface area contributed by atoms with Crippen LogP contribution in [0.3, 0.4) is 0 Å². The van der Waals surface area contributed by atoms with Crippen LogP contribution >= 0.6 is 0 Å². The summed E-state index contributed by atoms with van der Waals surface area (Å²) < 4.78 is 58.3. The van der Waals surface area contributed by atoms with Crippen molar-refractivity contribution < 1.29 is 36.6 Å². The van der Waals surface area contributed by atoms with Gasteiger partial charge >= 0.3 is 5.97 Å². The van der Waals surface area contributed by atoms with Gasteiger partial charge < -0.3 is 14.7 Å². The van der Waals surface area contributed by atoms with E-state index in [9.17, 15) is 37.2 Å². The van der Waals surface area contributed by atoms with Gasteiger partial charge in [-0.25, -0.2) is 22.0 Å². The van der Waals surface area contributed by atoms with Crippen molar-refractivity contribution in [3.05, 3.63) is 52.1 Å². The van der Waals surface area contributed by atoms with Gasteiger partial charge in [0.2, 0.25) is 21.8 Å². The maximum absolute atomic E-state index is 13.8. The molecule has 0 spiro atoms. The molecule has 0 radical (unpaired) electrons. The number of nitriles is 1. The number of aromatic carboxylic acids is 1. The molecular weight excluding hydrogens is 474 g/mol. The quantitative estimate of drug-likeness (QED) is 0.558. The lowest BCUT2D eigenvalue weighted by Gasteiger charge is -2.39. The highest BCUT2D eigenvalue weighted by Gasteiger charge is 2.38. The van der Waals surface area contributed by atoms with Crippen LogP contribution in [-0.4, -0.2) is 50.6 Å². The van der Waals surface area contributed by atoms with E-state index in [-0.39, 0.29) is 53.5 Å². The number of ether oxygens (including phenoxy) is 1. The van der Waals surface area contributed by atoms with Crippen molar-refractivity contribution in [2.75, 3.05) is 25.1 Å². The van der Waals surface area contributed by atoms with E-state index in [0.29, 0.717) is 6.07 Å². The monoisotopic (exact) mass is 494 g/mol. The fourth-order valence-electron chi connectivity index (χ4n) is 3.60. The number of aromatic nitrogens is 1. The number of nitrogens with one attached hydrogen (secondary N) is 1. The van der Waals surface area contributed by atoms with Gasteiger partial charge in [0.05, 0.1) is 24.3 Å². The summed E-state index contributed by atoms with van der Waals surface area (Å²) in [7, 11) is -3.01. The second kappa shape index (κ2) is 9.60. The Morgan fingerprint density at radius 2 is 2.03 bits per heavy atom. The molecule has 2 N–H and O–H groups in total. The van der Waals surface area contributed by atoms with E-state index >= 15 is 0 Å². The lowest BCUT2D eigenvalue weighted by atomic mass is 9.96. The average molecular weight is 494 g/mol. The molecule has 2 heterocycles. The van der Waals surface area contributed by atoms with E-state index in [0.717, 1.165) is 12.1 Å². The van der Waals surface area contributed by atoms with Crippen LogP contribution in [0.5, 0.6) is 5.88 Å². The second-order valence-corrected chi connectivity index (χ2v) is 9.23. The largest absolute Gasteiger partial charge is 0.480 e. The summed E-state index contributed by atoms with van der Waals surface area (Å²) in [6.45, 7) is 1.69. The van der Waals surface area contributed by atoms with Crippen LogP contribution in [0.1, 0.15) is 34.0 Å². The lowest BCUT2D eigenvalue weighted by Crippen LogP contribution is -2.55. The zero-order valence-electron chi connectivity index (χ0n) is 18.1. The predicted octanol–water partition coefficient (Wildman–Crippen LogP) is 1.58. The number of hydrogen-bond donors (Lipinski definition) is 2. The maximum atomic E-state index is 13.8. The molecule has 0 aliphatic carbocycles. The molecule has 2 aromatic rings. The molecule has 13 heteroatoms. The smallest absolute Gasteiger partial charge is 0.341 e. The first-order chi connectivity index (χ1) is 16.0. The number of carbonyl (C=O) groups is 2. The number of methoxy groups -OCH3 is 1. The van der Waals surface area contributed by atoms with Gasteiger partial charge in [0.1, 0.15) is 23.3 Å². The Labute approximate surface area is 193 Å². The molecule has 3 rings (SSSR count). The summed E-state index contributed by atoms with van der Waals surface area (Å²) in [6.07, 6.45) is 0.215. The normalized spacial score (nSPS) is 13.7. The molecule has 10 nitrogen and oxygen atoms in total. The van der Waals surface area contributed by atoms with Crippen LogP contribution in [0.15, 0.2) is 18.2 Å². The number of anilines is 1. The SMILES string of the molecule is CCc1c(C#N)c(N2CC(C(=O)NS(=O)(=O)Cc3ccc(F)cc3F)C2)nc(OC)c1C(=O)O. The van der Waals surface area contributed by atoms with Crippen molar-refractivity contribution in [3.63, 3.8) is 0 Å². The molecule has 1 aliphatic heterocycles. The topological polar surface area (TPSA) is 150 Å². The molecule has 1 fully saturated rings. The first-order valence-electron chi connectivity index (χ1n) is 9.98. The number of rotatable bonds is 8. The van der Waals surface area contributed by atoms with E-state index in [2.05, 4.69) is 4.98 Å². The molecule has 1 amide bonds. The third-order valence-electron chi connectivity index (χ3n) is 5.29. The number of amides is 1. The molecule has 34 heavy (non-hydrogen) atoms. The summed E-state index contributed by atoms with van der Waals surface area (Å²) in [5, 5.41) is 19.1. The summed E-state index contributed by atoms with van der Waals surface area (Å²) >= 11 is 0. The molecular formula is C21H20F2N4O6S. The van der Waals surface area contributed by atoms with Crippen LogP contribution in [0.4, 0.5) is 14.6 Å². The van der Waals surface area contributed by atoms with E-state index in [1.54, 1.807) is 6.92 Å². The van der Waals surface area contributed by atoms with Gasteiger partial charge in [-0.05, 0) is 18.1 Å². The number of sulfonamides is 1. The molecule has 0 unspecified atom stereocenters. The van der Waals surface area contributed by atoms with Gasteiger partial charge in [0, 0.05) is 24.7 Å². The van der Waals surface area contributed by atoms with Crippen molar-refractivity contribution in [1.29, 1.82) is 5.26 Å². The predicted molar refractivity (Wildman–Crippen MR) is 115 cm³/mol. The van der Waals surface area contributed by atoms with Gasteiger partial charge in [-0.1, -0.05) is 13.0 Å². The highest BCUT2D eigenvalue weighted by molar-refractivity contribution is 7.89. The van der Waals surface area contributed by atoms with Crippen molar-refractivity contribution in [2.24, 2.45) is 5.92 Å². The standard InChI is InChI=1S/C21H20F2N4O6S/c1-3-14-15(7-24)18(25-20(33-2)17(14)21(29)30)27-8-12(9-27)19(28)26-34(31,32)10-11-4-5-13(22)6-16(11)23/h4-6,12H,3,8-10H2,1-2H3,(H,26,28)(H,29,30). The summed E-state index contributed by atoms with van der Waals surface area (Å²) in [4.78, 5) is 29.7. The van der Waals surface area contributed by atoms with E-state index in [1.807, 2.05) is 10.8 Å². The molecule has 0 atom stereocenters. The van der Waals surface area contributed by atoms with Gasteiger partial charge in [0.25, 0.3) is 0 Å². The fourth-order valence-corrected chi connectivity index (χ4v) is 4.79. The Bertz CT molecular complexity index is 1300. The lowest BCUT2D eigenvalue weighted by molar-refractivity contribution is -0.123. The van der Waals surface area contributed by atoms with Gasteiger partial charge in [-0.3, -0.25) is 9.52 Å². The highest BCUT2D eigenvalue weighted by atomic mass is 32.2.